The van der Waals surface area contributed by atoms with Gasteiger partial charge in [-0.15, -0.1) is 0 Å². The first-order chi connectivity index (χ1) is 16.1. The Hall–Kier alpha value is -3.62. The number of aromatic nitrogens is 3. The van der Waals surface area contributed by atoms with Crippen molar-refractivity contribution in [2.24, 2.45) is 13.0 Å². The van der Waals surface area contributed by atoms with Crippen molar-refractivity contribution in [1.82, 2.24) is 19.9 Å². The fourth-order valence-electron chi connectivity index (χ4n) is 4.68. The average molecular weight is 449 g/mol. The predicted molar refractivity (Wildman–Crippen MR) is 125 cm³/mol. The molecule has 2 aromatic heterocycles. The van der Waals surface area contributed by atoms with Crippen molar-refractivity contribution in [3.8, 4) is 5.75 Å². The highest BCUT2D eigenvalue weighted by atomic mass is 16.5. The summed E-state index contributed by atoms with van der Waals surface area (Å²) in [5.41, 5.74) is 4.18. The Morgan fingerprint density at radius 2 is 2.09 bits per heavy atom. The number of hydrogen-bond acceptors (Lipinski definition) is 6. The van der Waals surface area contributed by atoms with E-state index < -0.39 is 0 Å². The maximum Gasteiger partial charge on any atom is 0.272 e. The molecule has 3 heterocycles. The van der Waals surface area contributed by atoms with Gasteiger partial charge in [0.25, 0.3) is 11.8 Å². The van der Waals surface area contributed by atoms with Crippen LogP contribution >= 0.6 is 0 Å². The van der Waals surface area contributed by atoms with Crippen molar-refractivity contribution in [2.45, 2.75) is 38.6 Å². The van der Waals surface area contributed by atoms with Gasteiger partial charge < -0.3 is 25.3 Å². The Kier molecular flexibility index (Phi) is 5.85. The number of aryl methyl sites for hydroxylation is 1. The maximum atomic E-state index is 13.0. The molecule has 3 N–H and O–H groups in total. The number of fused-ring (bicyclic) bond motifs is 2. The average Bonchev–Trinajstić information content (AvgIpc) is 3.17. The van der Waals surface area contributed by atoms with Crippen molar-refractivity contribution in [3.05, 3.63) is 42.0 Å². The molecule has 1 fully saturated rings. The topological polar surface area (TPSA) is 110 Å². The second-order valence-corrected chi connectivity index (χ2v) is 8.81. The van der Waals surface area contributed by atoms with Crippen LogP contribution in [0.4, 0.5) is 11.4 Å². The van der Waals surface area contributed by atoms with Gasteiger partial charge >= 0.3 is 0 Å². The molecule has 2 aliphatic rings. The van der Waals surface area contributed by atoms with E-state index in [1.807, 2.05) is 23.9 Å². The van der Waals surface area contributed by atoms with Crippen molar-refractivity contribution < 1.29 is 14.3 Å². The number of nitrogens with zero attached hydrogens (tertiary/aromatic N) is 3. The molecule has 9 heteroatoms. The van der Waals surface area contributed by atoms with E-state index in [4.69, 9.17) is 4.74 Å². The Balaban J connectivity index is 1.30. The van der Waals surface area contributed by atoms with Crippen LogP contribution < -0.4 is 20.7 Å². The standard InChI is InChI=1S/C24H28N6O3/c1-30-12-18(25-10-15-5-3-2-4-6-15)21-23(30)22(28-14-27-21)24(32)26-11-16-7-8-19-17(9-16)29-20(31)13-33-19/h7-9,12,14-15,25H,2-6,10-11,13H2,1H3,(H,26,32)(H,29,31). The zero-order valence-electron chi connectivity index (χ0n) is 18.7. The molecule has 0 atom stereocenters. The highest BCUT2D eigenvalue weighted by Crippen LogP contribution is 2.29. The van der Waals surface area contributed by atoms with Gasteiger partial charge in [-0.2, -0.15) is 0 Å². The molecule has 0 spiro atoms. The van der Waals surface area contributed by atoms with E-state index >= 15 is 0 Å². The van der Waals surface area contributed by atoms with Crippen molar-refractivity contribution >= 4 is 34.2 Å². The van der Waals surface area contributed by atoms with Crippen LogP contribution in [0.25, 0.3) is 11.0 Å². The van der Waals surface area contributed by atoms with E-state index in [2.05, 4.69) is 25.9 Å². The lowest BCUT2D eigenvalue weighted by molar-refractivity contribution is -0.118. The third kappa shape index (κ3) is 4.48. The van der Waals surface area contributed by atoms with Crippen LogP contribution in [0.1, 0.15) is 48.2 Å². The number of anilines is 2. The summed E-state index contributed by atoms with van der Waals surface area (Å²) in [6.45, 7) is 1.23. The van der Waals surface area contributed by atoms with E-state index in [9.17, 15) is 9.59 Å². The van der Waals surface area contributed by atoms with Crippen LogP contribution in [-0.4, -0.2) is 39.5 Å². The zero-order valence-corrected chi connectivity index (χ0v) is 18.7. The second-order valence-electron chi connectivity index (χ2n) is 8.81. The molecule has 2 amide bonds. The smallest absolute Gasteiger partial charge is 0.272 e. The van der Waals surface area contributed by atoms with Gasteiger partial charge in [-0.05, 0) is 36.5 Å². The molecule has 1 aliphatic heterocycles. The van der Waals surface area contributed by atoms with Gasteiger partial charge in [-0.3, -0.25) is 9.59 Å². The lowest BCUT2D eigenvalue weighted by Gasteiger charge is -2.21. The van der Waals surface area contributed by atoms with E-state index in [0.717, 1.165) is 23.3 Å². The van der Waals surface area contributed by atoms with Crippen molar-refractivity contribution in [3.63, 3.8) is 0 Å². The minimum Gasteiger partial charge on any atom is -0.482 e. The van der Waals surface area contributed by atoms with Gasteiger partial charge in [0.2, 0.25) is 0 Å². The SMILES string of the molecule is Cn1cc(NCC2CCCCC2)c2ncnc(C(=O)NCc3ccc4c(c3)NC(=O)CO4)c21. The predicted octanol–water partition coefficient (Wildman–Crippen LogP) is 3.22. The fourth-order valence-corrected chi connectivity index (χ4v) is 4.68. The quantitative estimate of drug-likeness (QED) is 0.534. The number of ether oxygens (including phenoxy) is 1. The summed E-state index contributed by atoms with van der Waals surface area (Å²) in [5, 5.41) is 9.26. The lowest BCUT2D eigenvalue weighted by Crippen LogP contribution is -2.26. The van der Waals surface area contributed by atoms with Crippen LogP contribution in [0.2, 0.25) is 0 Å². The second kappa shape index (κ2) is 9.09. The normalized spacial score (nSPS) is 16.1. The van der Waals surface area contributed by atoms with Gasteiger partial charge in [0.15, 0.2) is 12.3 Å². The molecule has 0 unspecified atom stereocenters. The first-order valence-electron chi connectivity index (χ1n) is 11.5. The maximum absolute atomic E-state index is 13.0. The highest BCUT2D eigenvalue weighted by molar-refractivity contribution is 6.06. The molecular weight excluding hydrogens is 420 g/mol. The minimum absolute atomic E-state index is 0.0148. The molecule has 9 nitrogen and oxygen atoms in total. The molecule has 33 heavy (non-hydrogen) atoms. The summed E-state index contributed by atoms with van der Waals surface area (Å²) in [6, 6.07) is 5.46. The summed E-state index contributed by atoms with van der Waals surface area (Å²) in [5.74, 6) is 0.841. The van der Waals surface area contributed by atoms with Crippen LogP contribution in [0.5, 0.6) is 5.75 Å². The summed E-state index contributed by atoms with van der Waals surface area (Å²) in [4.78, 5) is 33.3. The summed E-state index contributed by atoms with van der Waals surface area (Å²) >= 11 is 0. The van der Waals surface area contributed by atoms with Crippen LogP contribution in [-0.2, 0) is 18.4 Å². The molecule has 3 aromatic rings. The van der Waals surface area contributed by atoms with Crippen LogP contribution in [0, 0.1) is 5.92 Å². The van der Waals surface area contributed by atoms with Gasteiger partial charge in [0.05, 0.1) is 11.4 Å². The number of hydrogen-bond donors (Lipinski definition) is 3. The Morgan fingerprint density at radius 3 is 2.94 bits per heavy atom. The highest BCUT2D eigenvalue weighted by Gasteiger charge is 2.20. The van der Waals surface area contributed by atoms with Gasteiger partial charge in [0, 0.05) is 26.3 Å². The fraction of sp³-hybridized carbons (Fsp3) is 0.417. The first kappa shape index (κ1) is 21.2. The first-order valence-corrected chi connectivity index (χ1v) is 11.5. The summed E-state index contributed by atoms with van der Waals surface area (Å²) in [6.07, 6.45) is 9.89. The Labute approximate surface area is 191 Å². The Morgan fingerprint density at radius 1 is 1.24 bits per heavy atom. The zero-order chi connectivity index (χ0) is 22.8. The number of carbonyl (C=O) groups excluding carboxylic acids is 2. The molecule has 5 rings (SSSR count). The van der Waals surface area contributed by atoms with Gasteiger partial charge in [-0.1, -0.05) is 25.3 Å². The molecule has 0 bridgehead atoms. The van der Waals surface area contributed by atoms with E-state index in [-0.39, 0.29) is 18.4 Å². The largest absolute Gasteiger partial charge is 0.482 e. The molecule has 1 aromatic carbocycles. The van der Waals surface area contributed by atoms with Crippen molar-refractivity contribution in [2.75, 3.05) is 23.8 Å². The molecule has 172 valence electrons. The number of benzene rings is 1. The molecule has 1 aliphatic carbocycles. The van der Waals surface area contributed by atoms with Gasteiger partial charge in [0.1, 0.15) is 23.1 Å². The third-order valence-corrected chi connectivity index (χ3v) is 6.40. The van der Waals surface area contributed by atoms with Crippen LogP contribution in [0.3, 0.4) is 0 Å². The number of rotatable bonds is 6. The Bertz CT molecular complexity index is 1200. The monoisotopic (exact) mass is 448 g/mol. The van der Waals surface area contributed by atoms with Crippen LogP contribution in [0.15, 0.2) is 30.7 Å². The van der Waals surface area contributed by atoms with E-state index in [1.165, 1.54) is 38.4 Å². The number of carbonyl (C=O) groups is 2. The molecular formula is C24H28N6O3. The number of nitrogens with one attached hydrogen (secondary N) is 3. The van der Waals surface area contributed by atoms with E-state index in [0.29, 0.717) is 35.1 Å². The lowest BCUT2D eigenvalue weighted by atomic mass is 9.89. The molecule has 0 radical (unpaired) electrons. The molecule has 1 saturated carbocycles. The van der Waals surface area contributed by atoms with Gasteiger partial charge in [-0.25, -0.2) is 9.97 Å². The summed E-state index contributed by atoms with van der Waals surface area (Å²) < 4.78 is 7.28. The third-order valence-electron chi connectivity index (χ3n) is 6.40. The van der Waals surface area contributed by atoms with E-state index in [1.54, 1.807) is 12.1 Å². The summed E-state index contributed by atoms with van der Waals surface area (Å²) in [7, 11) is 1.90. The molecule has 0 saturated heterocycles. The minimum atomic E-state index is -0.277. The van der Waals surface area contributed by atoms with Crippen molar-refractivity contribution in [1.29, 1.82) is 0 Å². The number of amides is 2.